The van der Waals surface area contributed by atoms with Gasteiger partial charge in [-0.25, -0.2) is 0 Å². The quantitative estimate of drug-likeness (QED) is 0.137. The van der Waals surface area contributed by atoms with Crippen LogP contribution in [0.2, 0.25) is 0 Å². The molecule has 338 valence electrons. The van der Waals surface area contributed by atoms with Gasteiger partial charge in [-0.1, -0.05) is 247 Å². The molecule has 1 nitrogen and oxygen atoms in total. The molecule has 4 aliphatic carbocycles. The minimum absolute atomic E-state index is 0.00102. The molecule has 2 N–H and O–H groups in total. The number of rotatable bonds is 14. The van der Waals surface area contributed by atoms with E-state index in [0.717, 1.165) is 24.2 Å². The Bertz CT molecular complexity index is 2010. The van der Waals surface area contributed by atoms with Gasteiger partial charge in [0.2, 0.25) is 0 Å². The Labute approximate surface area is 378 Å². The molecular weight excluding hydrogens is 735 g/mol. The molecular formula is C60H93N. The van der Waals surface area contributed by atoms with Crippen molar-refractivity contribution in [1.82, 2.24) is 0 Å². The molecule has 0 aromatic rings. The van der Waals surface area contributed by atoms with Crippen molar-refractivity contribution < 1.29 is 0 Å². The van der Waals surface area contributed by atoms with E-state index in [2.05, 4.69) is 244 Å². The van der Waals surface area contributed by atoms with Crippen molar-refractivity contribution in [3.05, 3.63) is 130 Å². The molecule has 4 rings (SSSR count). The third-order valence-corrected chi connectivity index (χ3v) is 16.6. The van der Waals surface area contributed by atoms with Gasteiger partial charge in [0, 0.05) is 27.7 Å². The van der Waals surface area contributed by atoms with E-state index in [1.165, 1.54) is 22.3 Å². The van der Waals surface area contributed by atoms with Crippen LogP contribution in [-0.4, -0.2) is 6.04 Å². The van der Waals surface area contributed by atoms with Crippen LogP contribution in [0.5, 0.6) is 0 Å². The molecule has 0 aliphatic heterocycles. The number of hydrogen-bond donors (Lipinski definition) is 1. The summed E-state index contributed by atoms with van der Waals surface area (Å²) in [6, 6.07) is 0.324. The average Bonchev–Trinajstić information content (AvgIpc) is 3.80. The van der Waals surface area contributed by atoms with Gasteiger partial charge < -0.3 is 5.73 Å². The topological polar surface area (TPSA) is 26.0 Å². The van der Waals surface area contributed by atoms with Crippen LogP contribution < -0.4 is 5.73 Å². The summed E-state index contributed by atoms with van der Waals surface area (Å²) >= 11 is 0. The average molecular weight is 828 g/mol. The molecule has 0 amide bonds. The van der Waals surface area contributed by atoms with Crippen LogP contribution in [0.1, 0.15) is 166 Å². The van der Waals surface area contributed by atoms with Gasteiger partial charge in [0.15, 0.2) is 0 Å². The van der Waals surface area contributed by atoms with Crippen LogP contribution in [0.3, 0.4) is 0 Å². The van der Waals surface area contributed by atoms with Crippen LogP contribution in [-0.2, 0) is 0 Å². The van der Waals surface area contributed by atoms with E-state index in [9.17, 15) is 0 Å². The van der Waals surface area contributed by atoms with Gasteiger partial charge in [-0.05, 0) is 99.2 Å². The van der Waals surface area contributed by atoms with Gasteiger partial charge in [-0.2, -0.15) is 0 Å². The van der Waals surface area contributed by atoms with Crippen molar-refractivity contribution in [3.8, 4) is 0 Å². The first kappa shape index (κ1) is 50.7. The summed E-state index contributed by atoms with van der Waals surface area (Å²) in [5, 5.41) is 0. The zero-order chi connectivity index (χ0) is 46.7. The highest BCUT2D eigenvalue weighted by atomic mass is 14.8. The Morgan fingerprint density at radius 1 is 0.508 bits per heavy atom. The zero-order valence-electron chi connectivity index (χ0n) is 43.8. The molecule has 0 radical (unpaired) electrons. The molecule has 2 fully saturated rings. The maximum Gasteiger partial charge on any atom is 0.00814 e. The smallest absolute Gasteiger partial charge is 0.00814 e. The predicted molar refractivity (Wildman–Crippen MR) is 272 cm³/mol. The highest BCUT2D eigenvalue weighted by molar-refractivity contribution is 5.44. The molecule has 0 bridgehead atoms. The fourth-order valence-electron chi connectivity index (χ4n) is 13.7. The molecule has 0 spiro atoms. The molecule has 6 atom stereocenters. The van der Waals surface area contributed by atoms with Gasteiger partial charge in [0.05, 0.1) is 0 Å². The summed E-state index contributed by atoms with van der Waals surface area (Å²) in [5.41, 5.74) is 18.7. The largest absolute Gasteiger partial charge is 0.327 e. The van der Waals surface area contributed by atoms with Crippen molar-refractivity contribution in [3.63, 3.8) is 0 Å². The number of fused-ring (bicyclic) bond motifs is 2. The lowest BCUT2D eigenvalue weighted by Crippen LogP contribution is -2.62. The first-order valence-corrected chi connectivity index (χ1v) is 23.9. The van der Waals surface area contributed by atoms with E-state index in [-0.39, 0.29) is 43.3 Å². The minimum Gasteiger partial charge on any atom is -0.327 e. The first-order valence-electron chi connectivity index (χ1n) is 23.9. The minimum atomic E-state index is -0.0694. The third-order valence-electron chi connectivity index (χ3n) is 16.6. The molecule has 0 aromatic heterocycles. The van der Waals surface area contributed by atoms with Crippen molar-refractivity contribution in [1.29, 1.82) is 0 Å². The second-order valence-corrected chi connectivity index (χ2v) is 25.2. The van der Waals surface area contributed by atoms with Crippen LogP contribution >= 0.6 is 0 Å². The molecule has 0 heterocycles. The standard InChI is InChI=1S/C60H93N/c1-39(28-32-53(8,9)37-41(3)30-34-55(12,13)51-44(6)58(18,19)50-46(36-47(50)61)59(51,20)21)26-24-25-27-40(2)29-33-54(10,11)38-42(4)31-35-56(14,15)52-45(7)57(16,17)48-43(5)49(48)60(52,22)23/h24-35,37-38,43,46-50H,36,61H2,1-23H3. The SMILES string of the molecule is CC(C=CC(C)(C)C=C(C)C=CC(C)(C)C1=C(C)C(C)(C)C2C(N)CC2C1(C)C)=CC=CC=C(C)C=CC(C)(C)C=C(C)C=CC(C)(C)C1=C(C)C(C)(C)C2C(C)C2C1(C)C. The highest BCUT2D eigenvalue weighted by Crippen LogP contribution is 2.73. The zero-order valence-corrected chi connectivity index (χ0v) is 43.8. The van der Waals surface area contributed by atoms with Gasteiger partial charge >= 0.3 is 0 Å². The summed E-state index contributed by atoms with van der Waals surface area (Å²) in [4.78, 5) is 0. The maximum absolute atomic E-state index is 6.60. The Morgan fingerprint density at radius 3 is 1.25 bits per heavy atom. The van der Waals surface area contributed by atoms with Crippen molar-refractivity contribution in [2.75, 3.05) is 0 Å². The second-order valence-electron chi connectivity index (χ2n) is 25.2. The van der Waals surface area contributed by atoms with Gasteiger partial charge in [0.25, 0.3) is 0 Å². The number of hydrogen-bond acceptors (Lipinski definition) is 1. The summed E-state index contributed by atoms with van der Waals surface area (Å²) < 4.78 is 0. The Balaban J connectivity index is 1.36. The molecule has 1 heteroatoms. The van der Waals surface area contributed by atoms with Gasteiger partial charge in [0.1, 0.15) is 0 Å². The Morgan fingerprint density at radius 2 is 0.852 bits per heavy atom. The van der Waals surface area contributed by atoms with Crippen LogP contribution in [0.25, 0.3) is 0 Å². The molecule has 0 aromatic carbocycles. The fourth-order valence-corrected chi connectivity index (χ4v) is 13.7. The van der Waals surface area contributed by atoms with Crippen LogP contribution in [0.15, 0.2) is 130 Å². The van der Waals surface area contributed by atoms with Gasteiger partial charge in [-0.3, -0.25) is 0 Å². The van der Waals surface area contributed by atoms with Crippen LogP contribution in [0.4, 0.5) is 0 Å². The lowest BCUT2D eigenvalue weighted by atomic mass is 9.41. The van der Waals surface area contributed by atoms with Crippen molar-refractivity contribution in [2.45, 2.75) is 172 Å². The third kappa shape index (κ3) is 10.6. The molecule has 6 unspecified atom stereocenters. The van der Waals surface area contributed by atoms with E-state index in [1.807, 2.05) is 0 Å². The molecule has 0 saturated heterocycles. The van der Waals surface area contributed by atoms with Crippen LogP contribution in [0, 0.1) is 72.9 Å². The summed E-state index contributed by atoms with van der Waals surface area (Å²) in [5.74, 6) is 3.62. The molecule has 4 aliphatic rings. The lowest BCUT2D eigenvalue weighted by molar-refractivity contribution is -0.0480. The normalized spacial score (nSPS) is 30.0. The van der Waals surface area contributed by atoms with E-state index in [1.54, 1.807) is 22.3 Å². The van der Waals surface area contributed by atoms with Crippen molar-refractivity contribution >= 4 is 0 Å². The fraction of sp³-hybridized carbons (Fsp3) is 0.633. The Hall–Kier alpha value is -2.90. The lowest BCUT2D eigenvalue weighted by Gasteiger charge is -2.64. The van der Waals surface area contributed by atoms with Gasteiger partial charge in [-0.15, -0.1) is 0 Å². The summed E-state index contributed by atoms with van der Waals surface area (Å²) in [6.45, 7) is 54.8. The second kappa shape index (κ2) is 17.2. The highest BCUT2D eigenvalue weighted by Gasteiger charge is 2.66. The first-order chi connectivity index (χ1) is 27.5. The van der Waals surface area contributed by atoms with E-state index >= 15 is 0 Å². The monoisotopic (exact) mass is 828 g/mol. The number of nitrogens with two attached hydrogens (primary N) is 1. The summed E-state index contributed by atoms with van der Waals surface area (Å²) in [6.07, 6.45) is 33.4. The van der Waals surface area contributed by atoms with E-state index in [4.69, 9.17) is 5.73 Å². The predicted octanol–water partition coefficient (Wildman–Crippen LogP) is 17.3. The summed E-state index contributed by atoms with van der Waals surface area (Å²) in [7, 11) is 0. The van der Waals surface area contributed by atoms with E-state index < -0.39 is 0 Å². The number of allylic oxidation sites excluding steroid dienone is 22. The Kier molecular flexibility index (Phi) is 14.3. The van der Waals surface area contributed by atoms with Crippen molar-refractivity contribution in [2.24, 2.45) is 78.6 Å². The molecule has 61 heavy (non-hydrogen) atoms. The van der Waals surface area contributed by atoms with E-state index in [0.29, 0.717) is 17.9 Å². The molecule has 2 saturated carbocycles. The maximum atomic E-state index is 6.60.